The molecule has 1 fully saturated rings. The number of para-hydroxylation sites is 1. The summed E-state index contributed by atoms with van der Waals surface area (Å²) in [5.41, 5.74) is 2.03. The van der Waals surface area contributed by atoms with Crippen LogP contribution in [0.3, 0.4) is 0 Å². The third-order valence-electron chi connectivity index (χ3n) is 3.37. The highest BCUT2D eigenvalue weighted by molar-refractivity contribution is 6.09. The van der Waals surface area contributed by atoms with E-state index in [1.54, 1.807) is 12.0 Å². The van der Waals surface area contributed by atoms with Crippen LogP contribution < -0.4 is 4.90 Å². The topological polar surface area (TPSA) is 29.5 Å². The standard InChI is InChI=1S/C12H13NO2/c1-15-8-13-10-5-3-2-4-9(10)12(6-7-12)11(13)14/h2-5H,6-8H2,1H3. The molecule has 78 valence electrons. The zero-order valence-corrected chi connectivity index (χ0v) is 8.69. The zero-order chi connectivity index (χ0) is 10.5. The fourth-order valence-electron chi connectivity index (χ4n) is 2.46. The first-order valence-corrected chi connectivity index (χ1v) is 5.20. The second kappa shape index (κ2) is 2.83. The highest BCUT2D eigenvalue weighted by Crippen LogP contribution is 2.57. The molecule has 1 heterocycles. The van der Waals surface area contributed by atoms with Gasteiger partial charge in [0, 0.05) is 7.11 Å². The lowest BCUT2D eigenvalue weighted by Gasteiger charge is -2.16. The van der Waals surface area contributed by atoms with E-state index in [1.807, 2.05) is 18.2 Å². The van der Waals surface area contributed by atoms with Crippen LogP contribution >= 0.6 is 0 Å². The van der Waals surface area contributed by atoms with E-state index in [0.29, 0.717) is 6.73 Å². The van der Waals surface area contributed by atoms with Gasteiger partial charge in [-0.3, -0.25) is 9.69 Å². The molecular formula is C12H13NO2. The molecule has 1 aliphatic carbocycles. The van der Waals surface area contributed by atoms with Crippen LogP contribution in [0.2, 0.25) is 0 Å². The Balaban J connectivity index is 2.11. The Labute approximate surface area is 88.6 Å². The van der Waals surface area contributed by atoms with E-state index in [1.165, 1.54) is 5.56 Å². The fourth-order valence-corrected chi connectivity index (χ4v) is 2.46. The minimum atomic E-state index is -0.185. The van der Waals surface area contributed by atoms with Crippen LogP contribution in [0, 0.1) is 0 Å². The first-order chi connectivity index (χ1) is 7.29. The number of carbonyl (C=O) groups is 1. The summed E-state index contributed by atoms with van der Waals surface area (Å²) in [4.78, 5) is 13.9. The summed E-state index contributed by atoms with van der Waals surface area (Å²) in [6.45, 7) is 0.359. The lowest BCUT2D eigenvalue weighted by molar-refractivity contribution is -0.121. The lowest BCUT2D eigenvalue weighted by atomic mass is 9.98. The average Bonchev–Trinajstić information content (AvgIpc) is 3.02. The fraction of sp³-hybridized carbons (Fsp3) is 0.417. The molecule has 0 N–H and O–H groups in total. The Bertz CT molecular complexity index is 423. The monoisotopic (exact) mass is 203 g/mol. The third kappa shape index (κ3) is 1.01. The molecule has 1 aliphatic heterocycles. The molecule has 0 bridgehead atoms. The predicted molar refractivity (Wildman–Crippen MR) is 56.7 cm³/mol. The molecule has 1 amide bonds. The van der Waals surface area contributed by atoms with Crippen LogP contribution in [0.15, 0.2) is 24.3 Å². The zero-order valence-electron chi connectivity index (χ0n) is 8.69. The van der Waals surface area contributed by atoms with E-state index in [9.17, 15) is 4.79 Å². The van der Waals surface area contributed by atoms with Crippen molar-refractivity contribution in [2.45, 2.75) is 18.3 Å². The van der Waals surface area contributed by atoms with Crippen LogP contribution in [0.25, 0.3) is 0 Å². The number of ether oxygens (including phenoxy) is 1. The summed E-state index contributed by atoms with van der Waals surface area (Å²) >= 11 is 0. The van der Waals surface area contributed by atoms with Crippen molar-refractivity contribution in [3.05, 3.63) is 29.8 Å². The number of methoxy groups -OCH3 is 1. The van der Waals surface area contributed by atoms with E-state index in [0.717, 1.165) is 18.5 Å². The van der Waals surface area contributed by atoms with Crippen molar-refractivity contribution < 1.29 is 9.53 Å². The molecule has 0 atom stereocenters. The van der Waals surface area contributed by atoms with E-state index in [2.05, 4.69) is 6.07 Å². The number of benzene rings is 1. The Hall–Kier alpha value is -1.35. The smallest absolute Gasteiger partial charge is 0.239 e. The van der Waals surface area contributed by atoms with E-state index in [4.69, 9.17) is 4.74 Å². The van der Waals surface area contributed by atoms with Gasteiger partial charge in [0.1, 0.15) is 6.73 Å². The van der Waals surface area contributed by atoms with Gasteiger partial charge in [-0.15, -0.1) is 0 Å². The molecule has 1 aromatic rings. The maximum Gasteiger partial charge on any atom is 0.239 e. The number of nitrogens with zero attached hydrogens (tertiary/aromatic N) is 1. The van der Waals surface area contributed by atoms with Crippen molar-refractivity contribution >= 4 is 11.6 Å². The van der Waals surface area contributed by atoms with E-state index in [-0.39, 0.29) is 11.3 Å². The van der Waals surface area contributed by atoms with Crippen molar-refractivity contribution in [1.29, 1.82) is 0 Å². The number of rotatable bonds is 2. The number of hydrogen-bond acceptors (Lipinski definition) is 2. The van der Waals surface area contributed by atoms with Crippen LogP contribution in [0.1, 0.15) is 18.4 Å². The maximum atomic E-state index is 12.2. The van der Waals surface area contributed by atoms with Crippen LogP contribution in [-0.4, -0.2) is 19.7 Å². The van der Waals surface area contributed by atoms with Gasteiger partial charge in [0.05, 0.1) is 11.1 Å². The second-order valence-corrected chi connectivity index (χ2v) is 4.25. The number of anilines is 1. The van der Waals surface area contributed by atoms with E-state index < -0.39 is 0 Å². The van der Waals surface area contributed by atoms with Gasteiger partial charge in [0.25, 0.3) is 0 Å². The number of fused-ring (bicyclic) bond motifs is 2. The van der Waals surface area contributed by atoms with Crippen molar-refractivity contribution in [3.8, 4) is 0 Å². The molecule has 0 aromatic heterocycles. The highest BCUT2D eigenvalue weighted by Gasteiger charge is 2.58. The van der Waals surface area contributed by atoms with Gasteiger partial charge < -0.3 is 4.74 Å². The van der Waals surface area contributed by atoms with Gasteiger partial charge >= 0.3 is 0 Å². The van der Waals surface area contributed by atoms with Crippen LogP contribution in [0.5, 0.6) is 0 Å². The molecule has 3 heteroatoms. The molecule has 0 radical (unpaired) electrons. The quantitative estimate of drug-likeness (QED) is 0.731. The maximum absolute atomic E-state index is 12.2. The highest BCUT2D eigenvalue weighted by atomic mass is 16.5. The Morgan fingerprint density at radius 1 is 1.40 bits per heavy atom. The third-order valence-corrected chi connectivity index (χ3v) is 3.37. The molecule has 0 saturated heterocycles. The Morgan fingerprint density at radius 2 is 2.13 bits per heavy atom. The molecular weight excluding hydrogens is 190 g/mol. The summed E-state index contributed by atoms with van der Waals surface area (Å²) < 4.78 is 5.08. The summed E-state index contributed by atoms with van der Waals surface area (Å²) in [7, 11) is 1.62. The SMILES string of the molecule is COCN1C(=O)C2(CC2)c2ccccc21. The predicted octanol–water partition coefficient (Wildman–Crippen LogP) is 1.67. The Kier molecular flexibility index (Phi) is 1.68. The number of amides is 1. The van der Waals surface area contributed by atoms with Gasteiger partial charge in [-0.2, -0.15) is 0 Å². The molecule has 1 spiro atoms. The van der Waals surface area contributed by atoms with Crippen molar-refractivity contribution in [3.63, 3.8) is 0 Å². The minimum absolute atomic E-state index is 0.185. The first-order valence-electron chi connectivity index (χ1n) is 5.20. The van der Waals surface area contributed by atoms with Crippen molar-refractivity contribution in [2.24, 2.45) is 0 Å². The molecule has 0 unspecified atom stereocenters. The van der Waals surface area contributed by atoms with Gasteiger partial charge in [-0.25, -0.2) is 0 Å². The molecule has 3 nitrogen and oxygen atoms in total. The molecule has 2 aliphatic rings. The summed E-state index contributed by atoms with van der Waals surface area (Å²) in [6, 6.07) is 8.04. The van der Waals surface area contributed by atoms with Crippen molar-refractivity contribution in [2.75, 3.05) is 18.7 Å². The largest absolute Gasteiger partial charge is 0.364 e. The number of hydrogen-bond donors (Lipinski definition) is 0. The normalized spacial score (nSPS) is 20.9. The van der Waals surface area contributed by atoms with Gasteiger partial charge in [-0.1, -0.05) is 18.2 Å². The first kappa shape index (κ1) is 8.92. The van der Waals surface area contributed by atoms with Gasteiger partial charge in [0.2, 0.25) is 5.91 Å². The lowest BCUT2D eigenvalue weighted by Crippen LogP contribution is -2.33. The molecule has 1 saturated carbocycles. The Morgan fingerprint density at radius 3 is 2.80 bits per heavy atom. The minimum Gasteiger partial charge on any atom is -0.364 e. The number of carbonyl (C=O) groups excluding carboxylic acids is 1. The molecule has 3 rings (SSSR count). The van der Waals surface area contributed by atoms with Crippen molar-refractivity contribution in [1.82, 2.24) is 0 Å². The summed E-state index contributed by atoms with van der Waals surface area (Å²) in [5, 5.41) is 0. The van der Waals surface area contributed by atoms with Gasteiger partial charge in [0.15, 0.2) is 0 Å². The second-order valence-electron chi connectivity index (χ2n) is 4.25. The summed E-state index contributed by atoms with van der Waals surface area (Å²) in [5.74, 6) is 0.213. The van der Waals surface area contributed by atoms with Crippen LogP contribution in [0.4, 0.5) is 5.69 Å². The molecule has 15 heavy (non-hydrogen) atoms. The summed E-state index contributed by atoms with van der Waals surface area (Å²) in [6.07, 6.45) is 1.98. The van der Waals surface area contributed by atoms with Crippen LogP contribution in [-0.2, 0) is 14.9 Å². The van der Waals surface area contributed by atoms with E-state index >= 15 is 0 Å². The van der Waals surface area contributed by atoms with Gasteiger partial charge in [-0.05, 0) is 24.5 Å². The average molecular weight is 203 g/mol. The molecule has 1 aromatic carbocycles.